The van der Waals surface area contributed by atoms with Crippen LogP contribution in [0.4, 0.5) is 0 Å². The van der Waals surface area contributed by atoms with Crippen molar-refractivity contribution in [1.29, 1.82) is 0 Å². The van der Waals surface area contributed by atoms with Gasteiger partial charge in [0, 0.05) is 0 Å². The Bertz CT molecular complexity index is 113. The number of cyclic esters (lactones) is 1. The van der Waals surface area contributed by atoms with Crippen molar-refractivity contribution in [3.63, 3.8) is 0 Å². The molecule has 1 saturated heterocycles. The van der Waals surface area contributed by atoms with Crippen LogP contribution in [0.3, 0.4) is 0 Å². The summed E-state index contributed by atoms with van der Waals surface area (Å²) in [6.45, 7) is 0.683. The Labute approximate surface area is 53.0 Å². The minimum absolute atomic E-state index is 0.275. The Balaban J connectivity index is 2.43. The maximum atomic E-state index is 10.5. The van der Waals surface area contributed by atoms with Gasteiger partial charge in [-0.3, -0.25) is 9.69 Å². The second-order valence-corrected chi connectivity index (χ2v) is 2.14. The number of nitrogens with zero attached hydrogens (tertiary/aromatic N) is 1. The number of ether oxygens (including phenoxy) is 1. The number of rotatable bonds is 0. The van der Waals surface area contributed by atoms with Gasteiger partial charge in [0.1, 0.15) is 0 Å². The van der Waals surface area contributed by atoms with Crippen LogP contribution < -0.4 is 0 Å². The smallest absolute Gasteiger partial charge is 0.322 e. The SMILES string of the molecule is CN1CC(=O)OC(O)C1. The Morgan fingerprint density at radius 2 is 2.56 bits per heavy atom. The van der Waals surface area contributed by atoms with Crippen molar-refractivity contribution < 1.29 is 14.6 Å². The van der Waals surface area contributed by atoms with Crippen LogP contribution in [0.15, 0.2) is 0 Å². The summed E-state index contributed by atoms with van der Waals surface area (Å²) in [4.78, 5) is 12.2. The van der Waals surface area contributed by atoms with Gasteiger partial charge >= 0.3 is 5.97 Å². The van der Waals surface area contributed by atoms with E-state index < -0.39 is 6.29 Å². The van der Waals surface area contributed by atoms with Gasteiger partial charge in [-0.1, -0.05) is 0 Å². The first-order valence-electron chi connectivity index (χ1n) is 2.74. The number of likely N-dealkylation sites (N-methyl/N-ethyl adjacent to an activating group) is 1. The highest BCUT2D eigenvalue weighted by Crippen LogP contribution is 1.99. The quantitative estimate of drug-likeness (QED) is 0.419. The predicted molar refractivity (Wildman–Crippen MR) is 29.6 cm³/mol. The van der Waals surface area contributed by atoms with Gasteiger partial charge < -0.3 is 9.84 Å². The minimum atomic E-state index is -0.934. The van der Waals surface area contributed by atoms with E-state index in [9.17, 15) is 4.79 Å². The summed E-state index contributed by atoms with van der Waals surface area (Å²) in [7, 11) is 1.75. The number of aliphatic hydroxyl groups excluding tert-OH is 1. The van der Waals surface area contributed by atoms with E-state index in [2.05, 4.69) is 4.74 Å². The molecule has 0 amide bonds. The zero-order valence-corrected chi connectivity index (χ0v) is 5.20. The van der Waals surface area contributed by atoms with Gasteiger partial charge in [-0.05, 0) is 7.05 Å². The van der Waals surface area contributed by atoms with Crippen LogP contribution in [-0.2, 0) is 9.53 Å². The van der Waals surface area contributed by atoms with Crippen molar-refractivity contribution in [1.82, 2.24) is 4.90 Å². The first kappa shape index (κ1) is 6.51. The van der Waals surface area contributed by atoms with E-state index >= 15 is 0 Å². The van der Waals surface area contributed by atoms with Crippen molar-refractivity contribution in [2.75, 3.05) is 20.1 Å². The van der Waals surface area contributed by atoms with Crippen LogP contribution in [0.2, 0.25) is 0 Å². The van der Waals surface area contributed by atoms with E-state index in [4.69, 9.17) is 5.11 Å². The van der Waals surface area contributed by atoms with Crippen molar-refractivity contribution in [3.8, 4) is 0 Å². The third-order valence-electron chi connectivity index (χ3n) is 1.13. The van der Waals surface area contributed by atoms with Crippen molar-refractivity contribution in [2.45, 2.75) is 6.29 Å². The molecule has 0 saturated carbocycles. The van der Waals surface area contributed by atoms with Crippen molar-refractivity contribution >= 4 is 5.97 Å². The molecule has 0 bridgehead atoms. The zero-order valence-electron chi connectivity index (χ0n) is 5.20. The largest absolute Gasteiger partial charge is 0.434 e. The Morgan fingerprint density at radius 3 is 3.00 bits per heavy atom. The molecule has 9 heavy (non-hydrogen) atoms. The van der Waals surface area contributed by atoms with E-state index in [1.54, 1.807) is 11.9 Å². The Hall–Kier alpha value is -0.610. The summed E-state index contributed by atoms with van der Waals surface area (Å²) < 4.78 is 4.43. The standard InChI is InChI=1S/C5H9NO3/c1-6-2-4(7)9-5(8)3-6/h4,7H,2-3H2,1H3. The van der Waals surface area contributed by atoms with Crippen LogP contribution in [-0.4, -0.2) is 42.4 Å². The van der Waals surface area contributed by atoms with E-state index in [1.807, 2.05) is 0 Å². The first-order valence-corrected chi connectivity index (χ1v) is 2.74. The van der Waals surface area contributed by atoms with Gasteiger partial charge in [-0.15, -0.1) is 0 Å². The van der Waals surface area contributed by atoms with Crippen molar-refractivity contribution in [2.24, 2.45) is 0 Å². The molecular weight excluding hydrogens is 122 g/mol. The summed E-state index contributed by atoms with van der Waals surface area (Å²) in [5.74, 6) is -0.365. The van der Waals surface area contributed by atoms with Gasteiger partial charge in [0.25, 0.3) is 0 Å². The lowest BCUT2D eigenvalue weighted by Gasteiger charge is -2.25. The van der Waals surface area contributed by atoms with E-state index in [-0.39, 0.29) is 12.5 Å². The van der Waals surface area contributed by atoms with Gasteiger partial charge in [-0.2, -0.15) is 0 Å². The molecule has 0 aliphatic carbocycles. The summed E-state index contributed by atoms with van der Waals surface area (Å²) in [6, 6.07) is 0. The third-order valence-corrected chi connectivity index (χ3v) is 1.13. The molecule has 1 atom stereocenters. The van der Waals surface area contributed by atoms with Crippen LogP contribution >= 0.6 is 0 Å². The Kier molecular flexibility index (Phi) is 1.68. The molecule has 1 rings (SSSR count). The van der Waals surface area contributed by atoms with Gasteiger partial charge in [-0.25, -0.2) is 0 Å². The average Bonchev–Trinajstić information content (AvgIpc) is 1.59. The highest BCUT2D eigenvalue weighted by molar-refractivity contribution is 5.72. The van der Waals surface area contributed by atoms with Crippen molar-refractivity contribution in [3.05, 3.63) is 0 Å². The molecule has 1 N–H and O–H groups in total. The molecule has 4 heteroatoms. The summed E-state index contributed by atoms with van der Waals surface area (Å²) in [5.41, 5.74) is 0. The number of esters is 1. The predicted octanol–water partition coefficient (Wildman–Crippen LogP) is -1.21. The normalized spacial score (nSPS) is 30.0. The number of morpholine rings is 1. The minimum Gasteiger partial charge on any atom is -0.434 e. The molecule has 0 spiro atoms. The fraction of sp³-hybridized carbons (Fsp3) is 0.800. The lowest BCUT2D eigenvalue weighted by atomic mass is 10.4. The molecule has 4 nitrogen and oxygen atoms in total. The molecule has 0 aromatic heterocycles. The van der Waals surface area contributed by atoms with Gasteiger partial charge in [0.15, 0.2) is 0 Å². The second-order valence-electron chi connectivity index (χ2n) is 2.14. The second kappa shape index (κ2) is 2.33. The molecular formula is C5H9NO3. The van der Waals surface area contributed by atoms with Crippen LogP contribution in [0.25, 0.3) is 0 Å². The Morgan fingerprint density at radius 1 is 1.89 bits per heavy atom. The fourth-order valence-electron chi connectivity index (χ4n) is 0.778. The third kappa shape index (κ3) is 1.65. The summed E-state index contributed by atoms with van der Waals surface area (Å²) in [6.07, 6.45) is -0.934. The van der Waals surface area contributed by atoms with Crippen LogP contribution in [0, 0.1) is 0 Å². The number of β-amino-alcohol motifs (C(OH)–C–C–N with tert-alkyl or cyclic N) is 1. The molecule has 1 heterocycles. The number of hydrogen-bond acceptors (Lipinski definition) is 4. The summed E-state index contributed by atoms with van der Waals surface area (Å²) >= 11 is 0. The van der Waals surface area contributed by atoms with Gasteiger partial charge in [0.05, 0.1) is 13.1 Å². The highest BCUT2D eigenvalue weighted by Gasteiger charge is 2.21. The lowest BCUT2D eigenvalue weighted by Crippen LogP contribution is -2.42. The number of carbonyl (C=O) groups is 1. The first-order chi connectivity index (χ1) is 4.18. The number of aliphatic hydroxyl groups is 1. The molecule has 1 unspecified atom stereocenters. The molecule has 1 aliphatic heterocycles. The molecule has 0 aromatic carbocycles. The average molecular weight is 131 g/mol. The van der Waals surface area contributed by atoms with Crippen LogP contribution in [0.5, 0.6) is 0 Å². The van der Waals surface area contributed by atoms with E-state index in [0.29, 0.717) is 6.54 Å². The van der Waals surface area contributed by atoms with E-state index in [0.717, 1.165) is 0 Å². The maximum Gasteiger partial charge on any atom is 0.322 e. The maximum absolute atomic E-state index is 10.5. The molecule has 0 radical (unpaired) electrons. The van der Waals surface area contributed by atoms with Gasteiger partial charge in [0.2, 0.25) is 6.29 Å². The zero-order chi connectivity index (χ0) is 6.85. The molecule has 1 fully saturated rings. The number of carbonyl (C=O) groups excluding carboxylic acids is 1. The van der Waals surface area contributed by atoms with E-state index in [1.165, 1.54) is 0 Å². The number of hydrogen-bond donors (Lipinski definition) is 1. The molecule has 0 aromatic rings. The molecule has 1 aliphatic rings. The highest BCUT2D eigenvalue weighted by atomic mass is 16.6. The van der Waals surface area contributed by atoms with Crippen LogP contribution in [0.1, 0.15) is 0 Å². The summed E-state index contributed by atoms with van der Waals surface area (Å²) in [5, 5.41) is 8.77. The molecule has 52 valence electrons. The topological polar surface area (TPSA) is 49.8 Å². The monoisotopic (exact) mass is 131 g/mol. The fourth-order valence-corrected chi connectivity index (χ4v) is 0.778. The lowest BCUT2D eigenvalue weighted by molar-refractivity contribution is -0.182.